The van der Waals surface area contributed by atoms with Gasteiger partial charge in [0.15, 0.2) is 0 Å². The zero-order valence-corrected chi connectivity index (χ0v) is 11.3. The quantitative estimate of drug-likeness (QED) is 0.906. The Morgan fingerprint density at radius 2 is 1.95 bits per heavy atom. The van der Waals surface area contributed by atoms with Crippen LogP contribution in [0.5, 0.6) is 0 Å². The summed E-state index contributed by atoms with van der Waals surface area (Å²) in [4.78, 5) is 18.8. The summed E-state index contributed by atoms with van der Waals surface area (Å²) in [5.74, 6) is -0.836. The smallest absolute Gasteiger partial charge is 0.339 e. The fraction of sp³-hybridized carbons (Fsp3) is 0.0833. The zero-order valence-electron chi connectivity index (χ0n) is 9.82. The van der Waals surface area contributed by atoms with Gasteiger partial charge in [0.05, 0.1) is 27.0 Å². The van der Waals surface area contributed by atoms with E-state index >= 15 is 0 Å². The second kappa shape index (κ2) is 5.42. The number of anilines is 2. The van der Waals surface area contributed by atoms with Gasteiger partial charge in [0, 0.05) is 6.20 Å². The molecular formula is C12H9Cl2N3O2. The fourth-order valence-corrected chi connectivity index (χ4v) is 1.96. The normalized spacial score (nSPS) is 10.3. The van der Waals surface area contributed by atoms with Crippen LogP contribution < -0.4 is 5.32 Å². The topological polar surface area (TPSA) is 75.1 Å². The molecule has 0 unspecified atom stereocenters. The number of aromatic carboxylic acids is 1. The maximum absolute atomic E-state index is 10.9. The molecule has 2 N–H and O–H groups in total. The van der Waals surface area contributed by atoms with Crippen LogP contribution in [0.2, 0.25) is 10.0 Å². The van der Waals surface area contributed by atoms with Crippen LogP contribution in [-0.2, 0) is 0 Å². The molecule has 1 heterocycles. The van der Waals surface area contributed by atoms with Crippen molar-refractivity contribution in [2.75, 3.05) is 5.32 Å². The number of aromatic nitrogens is 2. The van der Waals surface area contributed by atoms with E-state index in [9.17, 15) is 4.79 Å². The van der Waals surface area contributed by atoms with Gasteiger partial charge < -0.3 is 10.4 Å². The Balaban J connectivity index is 2.34. The Labute approximate surface area is 119 Å². The van der Waals surface area contributed by atoms with E-state index < -0.39 is 5.97 Å². The van der Waals surface area contributed by atoms with Crippen molar-refractivity contribution in [2.24, 2.45) is 0 Å². The number of carbonyl (C=O) groups is 1. The maximum Gasteiger partial charge on any atom is 0.339 e. The minimum atomic E-state index is -1.07. The molecule has 0 spiro atoms. The van der Waals surface area contributed by atoms with Gasteiger partial charge in [0.25, 0.3) is 0 Å². The van der Waals surface area contributed by atoms with Crippen LogP contribution in [0, 0.1) is 6.92 Å². The minimum Gasteiger partial charge on any atom is -0.478 e. The Morgan fingerprint density at radius 3 is 2.47 bits per heavy atom. The lowest BCUT2D eigenvalue weighted by atomic mass is 10.2. The number of nitrogens with one attached hydrogen (secondary N) is 1. The van der Waals surface area contributed by atoms with E-state index in [1.54, 1.807) is 25.1 Å². The van der Waals surface area contributed by atoms with Crippen LogP contribution in [0.3, 0.4) is 0 Å². The van der Waals surface area contributed by atoms with E-state index in [1.165, 1.54) is 6.20 Å². The number of rotatable bonds is 3. The maximum atomic E-state index is 10.9. The average Bonchev–Trinajstić information content (AvgIpc) is 2.33. The van der Waals surface area contributed by atoms with Crippen LogP contribution in [0.4, 0.5) is 11.6 Å². The SMILES string of the molecule is Cc1nc(Nc2c(Cl)cccc2Cl)ncc1C(=O)O. The zero-order chi connectivity index (χ0) is 14.0. The van der Waals surface area contributed by atoms with Gasteiger partial charge in [-0.15, -0.1) is 0 Å². The predicted molar refractivity (Wildman–Crippen MR) is 73.5 cm³/mol. The first-order valence-electron chi connectivity index (χ1n) is 5.27. The molecule has 19 heavy (non-hydrogen) atoms. The fourth-order valence-electron chi connectivity index (χ4n) is 1.47. The number of carboxylic acid groups (broad SMARTS) is 1. The summed E-state index contributed by atoms with van der Waals surface area (Å²) < 4.78 is 0. The molecule has 5 nitrogen and oxygen atoms in total. The van der Waals surface area contributed by atoms with Gasteiger partial charge in [-0.05, 0) is 19.1 Å². The van der Waals surface area contributed by atoms with Gasteiger partial charge in [0.1, 0.15) is 0 Å². The molecule has 0 aliphatic heterocycles. The highest BCUT2D eigenvalue weighted by Gasteiger charge is 2.12. The van der Waals surface area contributed by atoms with Crippen LogP contribution in [-0.4, -0.2) is 21.0 Å². The molecular weight excluding hydrogens is 289 g/mol. The minimum absolute atomic E-state index is 0.0517. The first-order valence-corrected chi connectivity index (χ1v) is 6.02. The first kappa shape index (κ1) is 13.6. The van der Waals surface area contributed by atoms with Gasteiger partial charge >= 0.3 is 5.97 Å². The van der Waals surface area contributed by atoms with Crippen LogP contribution >= 0.6 is 23.2 Å². The van der Waals surface area contributed by atoms with Crippen molar-refractivity contribution in [2.45, 2.75) is 6.92 Å². The molecule has 2 aromatic rings. The molecule has 0 saturated carbocycles. The van der Waals surface area contributed by atoms with Gasteiger partial charge in [-0.1, -0.05) is 29.3 Å². The highest BCUT2D eigenvalue weighted by Crippen LogP contribution is 2.31. The molecule has 0 saturated heterocycles. The van der Waals surface area contributed by atoms with Gasteiger partial charge in [-0.3, -0.25) is 0 Å². The number of para-hydroxylation sites is 1. The third kappa shape index (κ3) is 2.94. The number of nitrogens with zero attached hydrogens (tertiary/aromatic N) is 2. The number of aryl methyl sites for hydroxylation is 1. The number of hydrogen-bond acceptors (Lipinski definition) is 4. The third-order valence-corrected chi connectivity index (χ3v) is 3.04. The summed E-state index contributed by atoms with van der Waals surface area (Å²) in [7, 11) is 0. The second-order valence-corrected chi connectivity index (χ2v) is 4.53. The third-order valence-electron chi connectivity index (χ3n) is 2.41. The highest BCUT2D eigenvalue weighted by molar-refractivity contribution is 6.39. The Bertz CT molecular complexity index is 627. The van der Waals surface area contributed by atoms with Crippen LogP contribution in [0.1, 0.15) is 16.1 Å². The van der Waals surface area contributed by atoms with Crippen LogP contribution in [0.25, 0.3) is 0 Å². The van der Waals surface area contributed by atoms with Crippen molar-refractivity contribution in [3.63, 3.8) is 0 Å². The molecule has 7 heteroatoms. The van der Waals surface area contributed by atoms with Crippen LogP contribution in [0.15, 0.2) is 24.4 Å². The number of hydrogen-bond donors (Lipinski definition) is 2. The lowest BCUT2D eigenvalue weighted by Gasteiger charge is -2.09. The molecule has 0 amide bonds. The van der Waals surface area contributed by atoms with E-state index in [0.717, 1.165) is 0 Å². The summed E-state index contributed by atoms with van der Waals surface area (Å²) in [5, 5.41) is 12.6. The summed E-state index contributed by atoms with van der Waals surface area (Å²) in [5.41, 5.74) is 0.886. The first-order chi connectivity index (χ1) is 8.99. The Morgan fingerprint density at radius 1 is 1.32 bits per heavy atom. The van der Waals surface area contributed by atoms with E-state index in [4.69, 9.17) is 28.3 Å². The van der Waals surface area contributed by atoms with Crippen molar-refractivity contribution < 1.29 is 9.90 Å². The lowest BCUT2D eigenvalue weighted by molar-refractivity contribution is 0.0695. The van der Waals surface area contributed by atoms with Crippen molar-refractivity contribution >= 4 is 40.8 Å². The van der Waals surface area contributed by atoms with E-state index in [0.29, 0.717) is 21.4 Å². The summed E-state index contributed by atoms with van der Waals surface area (Å²) in [6.45, 7) is 1.59. The molecule has 1 aromatic heterocycles. The van der Waals surface area contributed by atoms with Gasteiger partial charge in [-0.25, -0.2) is 14.8 Å². The van der Waals surface area contributed by atoms with Crippen molar-refractivity contribution in [1.82, 2.24) is 9.97 Å². The largest absolute Gasteiger partial charge is 0.478 e. The predicted octanol–water partition coefficient (Wildman–Crippen LogP) is 3.53. The molecule has 0 aliphatic carbocycles. The number of halogens is 2. The molecule has 2 rings (SSSR count). The molecule has 98 valence electrons. The standard InChI is InChI=1S/C12H9Cl2N3O2/c1-6-7(11(18)19)5-15-12(16-6)17-10-8(13)3-2-4-9(10)14/h2-5H,1H3,(H,18,19)(H,15,16,17). The molecule has 0 radical (unpaired) electrons. The van der Waals surface area contributed by atoms with Gasteiger partial charge in [0.2, 0.25) is 5.95 Å². The molecule has 0 aliphatic rings. The van der Waals surface area contributed by atoms with Gasteiger partial charge in [-0.2, -0.15) is 0 Å². The van der Waals surface area contributed by atoms with Crippen molar-refractivity contribution in [3.05, 3.63) is 45.7 Å². The summed E-state index contributed by atoms with van der Waals surface area (Å²) in [6, 6.07) is 5.07. The number of benzene rings is 1. The average molecular weight is 298 g/mol. The Kier molecular flexibility index (Phi) is 3.87. The molecule has 0 atom stereocenters. The second-order valence-electron chi connectivity index (χ2n) is 3.72. The Hall–Kier alpha value is -1.85. The highest BCUT2D eigenvalue weighted by atomic mass is 35.5. The van der Waals surface area contributed by atoms with Crippen molar-refractivity contribution in [1.29, 1.82) is 0 Å². The molecule has 1 aromatic carbocycles. The van der Waals surface area contributed by atoms with E-state index in [2.05, 4.69) is 15.3 Å². The van der Waals surface area contributed by atoms with E-state index in [1.807, 2.05) is 0 Å². The lowest BCUT2D eigenvalue weighted by Crippen LogP contribution is -2.06. The van der Waals surface area contributed by atoms with Crippen molar-refractivity contribution in [3.8, 4) is 0 Å². The molecule has 0 fully saturated rings. The summed E-state index contributed by atoms with van der Waals surface area (Å²) >= 11 is 12.0. The monoisotopic (exact) mass is 297 g/mol. The van der Waals surface area contributed by atoms with E-state index in [-0.39, 0.29) is 11.5 Å². The number of carboxylic acids is 1. The summed E-state index contributed by atoms with van der Waals surface area (Å²) in [6.07, 6.45) is 1.23. The molecule has 0 bridgehead atoms.